The van der Waals surface area contributed by atoms with Gasteiger partial charge in [0.15, 0.2) is 0 Å². The van der Waals surface area contributed by atoms with Gasteiger partial charge in [-0.3, -0.25) is 0 Å². The minimum atomic E-state index is 0.933. The number of anilines is 1. The Hall–Kier alpha value is -2.22. The van der Waals surface area contributed by atoms with Crippen LogP contribution in [0, 0.1) is 13.8 Å². The van der Waals surface area contributed by atoms with Crippen LogP contribution in [-0.2, 0) is 6.54 Å². The molecule has 20 heavy (non-hydrogen) atoms. The van der Waals surface area contributed by atoms with Crippen LogP contribution >= 0.6 is 0 Å². The maximum atomic E-state index is 3.51. The summed E-state index contributed by atoms with van der Waals surface area (Å²) < 4.78 is 2.31. The number of aromatic nitrogens is 1. The molecule has 0 aliphatic rings. The van der Waals surface area contributed by atoms with Gasteiger partial charge in [-0.05, 0) is 49.1 Å². The number of fused-ring (bicyclic) bond motifs is 1. The summed E-state index contributed by atoms with van der Waals surface area (Å²) in [5, 5.41) is 4.83. The predicted molar refractivity (Wildman–Crippen MR) is 86.3 cm³/mol. The normalized spacial score (nSPS) is 10.9. The fourth-order valence-electron chi connectivity index (χ4n) is 2.60. The molecule has 0 aliphatic heterocycles. The van der Waals surface area contributed by atoms with Gasteiger partial charge in [0.1, 0.15) is 0 Å². The lowest BCUT2D eigenvalue weighted by Gasteiger charge is -2.10. The summed E-state index contributed by atoms with van der Waals surface area (Å²) >= 11 is 0. The molecule has 1 heterocycles. The van der Waals surface area contributed by atoms with E-state index >= 15 is 0 Å². The Balaban J connectivity index is 1.70. The predicted octanol–water partition coefficient (Wildman–Crippen LogP) is 4.37. The van der Waals surface area contributed by atoms with E-state index < -0.39 is 0 Å². The maximum absolute atomic E-state index is 3.51. The van der Waals surface area contributed by atoms with E-state index in [9.17, 15) is 0 Å². The molecular formula is C18H20N2. The zero-order valence-electron chi connectivity index (χ0n) is 12.1. The molecular weight excluding hydrogens is 244 g/mol. The van der Waals surface area contributed by atoms with Crippen molar-refractivity contribution in [1.29, 1.82) is 0 Å². The molecule has 1 aromatic heterocycles. The quantitative estimate of drug-likeness (QED) is 0.740. The number of nitrogens with zero attached hydrogens (tertiary/aromatic N) is 1. The number of hydrogen-bond donors (Lipinski definition) is 1. The lowest BCUT2D eigenvalue weighted by atomic mass is 10.2. The van der Waals surface area contributed by atoms with Crippen molar-refractivity contribution in [3.05, 3.63) is 65.9 Å². The van der Waals surface area contributed by atoms with Gasteiger partial charge in [-0.15, -0.1) is 0 Å². The van der Waals surface area contributed by atoms with Crippen LogP contribution in [0.3, 0.4) is 0 Å². The lowest BCUT2D eigenvalue weighted by Crippen LogP contribution is -2.10. The highest BCUT2D eigenvalue weighted by Crippen LogP contribution is 2.18. The number of rotatable bonds is 4. The molecule has 2 aromatic carbocycles. The molecule has 0 saturated heterocycles. The van der Waals surface area contributed by atoms with Crippen LogP contribution in [0.25, 0.3) is 10.9 Å². The lowest BCUT2D eigenvalue weighted by molar-refractivity contribution is 0.757. The first kappa shape index (κ1) is 12.8. The van der Waals surface area contributed by atoms with Crippen molar-refractivity contribution in [2.45, 2.75) is 20.4 Å². The molecule has 0 fully saturated rings. The zero-order chi connectivity index (χ0) is 13.9. The number of benzene rings is 2. The van der Waals surface area contributed by atoms with Gasteiger partial charge in [0, 0.05) is 30.5 Å². The topological polar surface area (TPSA) is 17.0 Å². The minimum absolute atomic E-state index is 0.933. The van der Waals surface area contributed by atoms with Gasteiger partial charge in [-0.2, -0.15) is 0 Å². The number of nitrogens with one attached hydrogen (secondary N) is 1. The molecule has 0 spiro atoms. The molecule has 102 valence electrons. The first-order valence-electron chi connectivity index (χ1n) is 7.09. The van der Waals surface area contributed by atoms with E-state index in [2.05, 4.69) is 78.5 Å². The first-order chi connectivity index (χ1) is 9.74. The van der Waals surface area contributed by atoms with Crippen LogP contribution in [0.5, 0.6) is 0 Å². The van der Waals surface area contributed by atoms with E-state index in [1.165, 1.54) is 27.7 Å². The molecule has 0 atom stereocenters. The third-order valence-corrected chi connectivity index (χ3v) is 3.74. The van der Waals surface area contributed by atoms with E-state index in [-0.39, 0.29) is 0 Å². The van der Waals surface area contributed by atoms with Gasteiger partial charge >= 0.3 is 0 Å². The maximum Gasteiger partial charge on any atom is 0.0481 e. The summed E-state index contributed by atoms with van der Waals surface area (Å²) in [7, 11) is 0. The first-order valence-corrected chi connectivity index (χ1v) is 7.09. The van der Waals surface area contributed by atoms with Crippen molar-refractivity contribution >= 4 is 16.6 Å². The Morgan fingerprint density at radius 2 is 1.85 bits per heavy atom. The Morgan fingerprint density at radius 3 is 2.70 bits per heavy atom. The fraction of sp³-hybridized carbons (Fsp3) is 0.222. The molecule has 0 radical (unpaired) electrons. The minimum Gasteiger partial charge on any atom is -0.383 e. The zero-order valence-corrected chi connectivity index (χ0v) is 12.1. The van der Waals surface area contributed by atoms with Crippen molar-refractivity contribution in [3.8, 4) is 0 Å². The van der Waals surface area contributed by atoms with Gasteiger partial charge in [0.05, 0.1) is 0 Å². The van der Waals surface area contributed by atoms with Crippen LogP contribution in [0.2, 0.25) is 0 Å². The molecule has 0 bridgehead atoms. The summed E-state index contributed by atoms with van der Waals surface area (Å²) in [6.07, 6.45) is 2.17. The van der Waals surface area contributed by atoms with E-state index in [0.717, 1.165) is 13.1 Å². The highest BCUT2D eigenvalue weighted by molar-refractivity contribution is 5.80. The van der Waals surface area contributed by atoms with Crippen molar-refractivity contribution in [2.24, 2.45) is 0 Å². The Kier molecular flexibility index (Phi) is 3.46. The van der Waals surface area contributed by atoms with Gasteiger partial charge in [-0.25, -0.2) is 0 Å². The smallest absolute Gasteiger partial charge is 0.0481 e. The SMILES string of the molecule is Cc1ccc2c(ccn2CCNc2ccccc2C)c1. The Labute approximate surface area is 120 Å². The standard InChI is InChI=1S/C18H20N2/c1-14-7-8-18-16(13-14)9-11-20(18)12-10-19-17-6-4-3-5-15(17)2/h3-9,11,13,19H,10,12H2,1-2H3. The molecule has 2 nitrogen and oxygen atoms in total. The fourth-order valence-corrected chi connectivity index (χ4v) is 2.60. The van der Waals surface area contributed by atoms with Crippen molar-refractivity contribution in [3.63, 3.8) is 0 Å². The number of para-hydroxylation sites is 1. The van der Waals surface area contributed by atoms with Crippen LogP contribution in [0.1, 0.15) is 11.1 Å². The van der Waals surface area contributed by atoms with Crippen LogP contribution in [0.4, 0.5) is 5.69 Å². The van der Waals surface area contributed by atoms with Crippen molar-refractivity contribution in [2.75, 3.05) is 11.9 Å². The van der Waals surface area contributed by atoms with E-state index in [0.29, 0.717) is 0 Å². The molecule has 0 aliphatic carbocycles. The largest absolute Gasteiger partial charge is 0.383 e. The summed E-state index contributed by atoms with van der Waals surface area (Å²) in [4.78, 5) is 0. The van der Waals surface area contributed by atoms with Crippen molar-refractivity contribution < 1.29 is 0 Å². The Bertz CT molecular complexity index is 725. The number of aryl methyl sites for hydroxylation is 2. The summed E-state index contributed by atoms with van der Waals surface area (Å²) in [5.74, 6) is 0. The van der Waals surface area contributed by atoms with E-state index in [1.54, 1.807) is 0 Å². The molecule has 0 unspecified atom stereocenters. The van der Waals surface area contributed by atoms with Crippen LogP contribution < -0.4 is 5.32 Å². The highest BCUT2D eigenvalue weighted by atomic mass is 15.0. The van der Waals surface area contributed by atoms with Gasteiger partial charge in [0.25, 0.3) is 0 Å². The average Bonchev–Trinajstić information content (AvgIpc) is 2.83. The summed E-state index contributed by atoms with van der Waals surface area (Å²) in [6.45, 7) is 6.18. The average molecular weight is 264 g/mol. The molecule has 0 saturated carbocycles. The molecule has 3 rings (SSSR count). The third-order valence-electron chi connectivity index (χ3n) is 3.74. The van der Waals surface area contributed by atoms with Crippen LogP contribution in [0.15, 0.2) is 54.7 Å². The van der Waals surface area contributed by atoms with Gasteiger partial charge < -0.3 is 9.88 Å². The monoisotopic (exact) mass is 264 g/mol. The van der Waals surface area contributed by atoms with Crippen molar-refractivity contribution in [1.82, 2.24) is 4.57 Å². The van der Waals surface area contributed by atoms with Gasteiger partial charge in [-0.1, -0.05) is 29.8 Å². The van der Waals surface area contributed by atoms with E-state index in [1.807, 2.05) is 0 Å². The van der Waals surface area contributed by atoms with E-state index in [4.69, 9.17) is 0 Å². The third kappa shape index (κ3) is 2.55. The highest BCUT2D eigenvalue weighted by Gasteiger charge is 2.01. The molecule has 0 amide bonds. The van der Waals surface area contributed by atoms with Gasteiger partial charge in [0.2, 0.25) is 0 Å². The molecule has 1 N–H and O–H groups in total. The Morgan fingerprint density at radius 1 is 1.00 bits per heavy atom. The molecule has 2 heteroatoms. The summed E-state index contributed by atoms with van der Waals surface area (Å²) in [6, 6.07) is 17.2. The second-order valence-electron chi connectivity index (χ2n) is 5.31. The number of hydrogen-bond acceptors (Lipinski definition) is 1. The molecule has 3 aromatic rings. The van der Waals surface area contributed by atoms with Crippen LogP contribution in [-0.4, -0.2) is 11.1 Å². The summed E-state index contributed by atoms with van der Waals surface area (Å²) in [5.41, 5.74) is 5.13. The second kappa shape index (κ2) is 5.41. The second-order valence-corrected chi connectivity index (χ2v) is 5.31.